The fourth-order valence-corrected chi connectivity index (χ4v) is 4.20. The molecule has 0 N–H and O–H groups in total. The summed E-state index contributed by atoms with van der Waals surface area (Å²) in [5.41, 5.74) is 2.01. The highest BCUT2D eigenvalue weighted by Gasteiger charge is 2.21. The summed E-state index contributed by atoms with van der Waals surface area (Å²) in [7, 11) is 0. The molecule has 0 fully saturated rings. The van der Waals surface area contributed by atoms with Gasteiger partial charge in [-0.15, -0.1) is 0 Å². The summed E-state index contributed by atoms with van der Waals surface area (Å²) < 4.78 is 57.5. The van der Waals surface area contributed by atoms with Crippen LogP contribution in [0.3, 0.4) is 0 Å². The summed E-state index contributed by atoms with van der Waals surface area (Å²) in [6, 6.07) is 15.6. The molecule has 45 heavy (non-hydrogen) atoms. The average molecular weight is 631 g/mol. The fraction of sp³-hybridized carbons (Fsp3) is 0.538. The van der Waals surface area contributed by atoms with Crippen molar-refractivity contribution >= 4 is 0 Å². The number of hydrogen-bond donors (Lipinski definition) is 0. The Kier molecular flexibility index (Phi) is 14.6. The van der Waals surface area contributed by atoms with E-state index in [1.54, 1.807) is 24.3 Å². The third-order valence-corrected chi connectivity index (χ3v) is 6.41. The van der Waals surface area contributed by atoms with E-state index in [0.29, 0.717) is 22.8 Å². The summed E-state index contributed by atoms with van der Waals surface area (Å²) in [4.78, 5) is 0. The van der Waals surface area contributed by atoms with Gasteiger partial charge in [-0.2, -0.15) is 0 Å². The Balaban J connectivity index is 0.000000337. The molecule has 0 spiro atoms. The van der Waals surface area contributed by atoms with Crippen LogP contribution in [0.4, 0.5) is 13.2 Å². The van der Waals surface area contributed by atoms with Gasteiger partial charge in [-0.1, -0.05) is 86.6 Å². The lowest BCUT2D eigenvalue weighted by atomic mass is 9.86. The van der Waals surface area contributed by atoms with E-state index in [0.717, 1.165) is 11.1 Å². The summed E-state index contributed by atoms with van der Waals surface area (Å²) in [6.07, 6.45) is 0.0691. The van der Waals surface area contributed by atoms with Gasteiger partial charge < -0.3 is 14.2 Å². The maximum atomic E-state index is 14.0. The van der Waals surface area contributed by atoms with E-state index in [2.05, 4.69) is 20.8 Å². The Bertz CT molecular complexity index is 1340. The van der Waals surface area contributed by atoms with Crippen LogP contribution in [0.5, 0.6) is 17.2 Å². The molecule has 0 saturated heterocycles. The molecule has 3 aromatic rings. The standard InChI is InChI=1S/3C13H19FO/c1-9(2)15-12-7-6-10(8-11(12)14)13(3,4)5;1-9(2)15-10-6-7-11(12(14)8-10)13(3,4)5;1-9(2)15-11-8-6-7-10(12(11)14)13(3,4)5/h3*6-9H,1-5H3. The van der Waals surface area contributed by atoms with Crippen molar-refractivity contribution in [1.29, 1.82) is 0 Å². The third-order valence-electron chi connectivity index (χ3n) is 6.41. The number of hydrogen-bond acceptors (Lipinski definition) is 3. The molecule has 6 heteroatoms. The first-order chi connectivity index (χ1) is 20.4. The van der Waals surface area contributed by atoms with Crippen molar-refractivity contribution in [2.45, 2.75) is 138 Å². The van der Waals surface area contributed by atoms with E-state index in [4.69, 9.17) is 14.2 Å². The first kappa shape index (κ1) is 39.9. The second-order valence-corrected chi connectivity index (χ2v) is 15.2. The second-order valence-electron chi connectivity index (χ2n) is 15.2. The minimum absolute atomic E-state index is 0.0000123. The van der Waals surface area contributed by atoms with E-state index in [1.807, 2.05) is 107 Å². The van der Waals surface area contributed by atoms with Gasteiger partial charge in [0.2, 0.25) is 0 Å². The first-order valence-corrected chi connectivity index (χ1v) is 15.8. The van der Waals surface area contributed by atoms with Crippen molar-refractivity contribution in [3.63, 3.8) is 0 Å². The first-order valence-electron chi connectivity index (χ1n) is 15.8. The van der Waals surface area contributed by atoms with E-state index >= 15 is 0 Å². The maximum Gasteiger partial charge on any atom is 0.168 e. The molecule has 0 bridgehead atoms. The van der Waals surface area contributed by atoms with Crippen LogP contribution in [0, 0.1) is 17.5 Å². The van der Waals surface area contributed by atoms with Gasteiger partial charge in [-0.25, -0.2) is 13.2 Å². The van der Waals surface area contributed by atoms with Gasteiger partial charge in [0.15, 0.2) is 23.1 Å². The average Bonchev–Trinajstić information content (AvgIpc) is 2.84. The highest BCUT2D eigenvalue weighted by molar-refractivity contribution is 5.36. The van der Waals surface area contributed by atoms with Gasteiger partial charge in [0.25, 0.3) is 0 Å². The molecule has 3 aromatic carbocycles. The molecule has 0 heterocycles. The van der Waals surface area contributed by atoms with Gasteiger partial charge in [-0.3, -0.25) is 0 Å². The Labute approximate surface area is 271 Å². The van der Waals surface area contributed by atoms with Gasteiger partial charge in [0.1, 0.15) is 11.6 Å². The van der Waals surface area contributed by atoms with Gasteiger partial charge >= 0.3 is 0 Å². The number of rotatable bonds is 6. The van der Waals surface area contributed by atoms with Crippen LogP contribution in [-0.2, 0) is 16.2 Å². The summed E-state index contributed by atoms with van der Waals surface area (Å²) in [5, 5.41) is 0. The van der Waals surface area contributed by atoms with Crippen molar-refractivity contribution in [1.82, 2.24) is 0 Å². The topological polar surface area (TPSA) is 27.7 Å². The fourth-order valence-electron chi connectivity index (χ4n) is 4.20. The lowest BCUT2D eigenvalue weighted by Crippen LogP contribution is -2.15. The molecule has 0 aliphatic carbocycles. The van der Waals surface area contributed by atoms with Crippen LogP contribution in [0.15, 0.2) is 54.6 Å². The molecule has 0 aromatic heterocycles. The number of ether oxygens (including phenoxy) is 3. The van der Waals surface area contributed by atoms with Crippen molar-refractivity contribution in [2.75, 3.05) is 0 Å². The Morgan fingerprint density at radius 1 is 0.489 bits per heavy atom. The van der Waals surface area contributed by atoms with E-state index in [-0.39, 0.29) is 52.0 Å². The van der Waals surface area contributed by atoms with E-state index in [1.165, 1.54) is 6.07 Å². The molecule has 3 rings (SSSR count). The number of halogens is 3. The zero-order valence-electron chi connectivity index (χ0n) is 30.3. The minimum atomic E-state index is -0.281. The summed E-state index contributed by atoms with van der Waals surface area (Å²) in [5.74, 6) is 0.557. The largest absolute Gasteiger partial charge is 0.491 e. The summed E-state index contributed by atoms with van der Waals surface area (Å²) >= 11 is 0. The van der Waals surface area contributed by atoms with E-state index < -0.39 is 0 Å². The third kappa shape index (κ3) is 13.8. The van der Waals surface area contributed by atoms with Crippen LogP contribution in [0.1, 0.15) is 121 Å². The maximum absolute atomic E-state index is 14.0. The van der Waals surface area contributed by atoms with Gasteiger partial charge in [0, 0.05) is 6.07 Å². The molecule has 0 radical (unpaired) electrons. The molecule has 0 atom stereocenters. The highest BCUT2D eigenvalue weighted by atomic mass is 19.1. The normalized spacial score (nSPS) is 11.9. The Morgan fingerprint density at radius 2 is 1.00 bits per heavy atom. The molecule has 0 unspecified atom stereocenters. The van der Waals surface area contributed by atoms with Crippen molar-refractivity contribution in [3.05, 3.63) is 88.7 Å². The lowest BCUT2D eigenvalue weighted by molar-refractivity contribution is 0.229. The summed E-state index contributed by atoms with van der Waals surface area (Å²) in [6.45, 7) is 29.5. The smallest absolute Gasteiger partial charge is 0.168 e. The quantitative estimate of drug-likeness (QED) is 0.271. The van der Waals surface area contributed by atoms with Gasteiger partial charge in [-0.05, 0) is 98.7 Å². The predicted octanol–water partition coefficient (Wildman–Crippen LogP) is 11.7. The molecule has 0 aliphatic heterocycles. The van der Waals surface area contributed by atoms with Crippen molar-refractivity contribution < 1.29 is 27.4 Å². The highest BCUT2D eigenvalue weighted by Crippen LogP contribution is 2.31. The Morgan fingerprint density at radius 3 is 1.42 bits per heavy atom. The SMILES string of the molecule is CC(C)Oc1ccc(C(C)(C)C)c(F)c1.CC(C)Oc1ccc(C(C)(C)C)cc1F.CC(C)Oc1cccc(C(C)(C)C)c1F. The molecule has 0 aliphatic rings. The molecule has 0 amide bonds. The molecular formula is C39H57F3O3. The molecule has 252 valence electrons. The van der Waals surface area contributed by atoms with Crippen molar-refractivity contribution in [2.24, 2.45) is 0 Å². The van der Waals surface area contributed by atoms with Crippen LogP contribution >= 0.6 is 0 Å². The van der Waals surface area contributed by atoms with E-state index in [9.17, 15) is 13.2 Å². The zero-order valence-corrected chi connectivity index (χ0v) is 30.3. The predicted molar refractivity (Wildman–Crippen MR) is 183 cm³/mol. The van der Waals surface area contributed by atoms with Crippen LogP contribution in [-0.4, -0.2) is 18.3 Å². The molecule has 3 nitrogen and oxygen atoms in total. The minimum Gasteiger partial charge on any atom is -0.491 e. The van der Waals surface area contributed by atoms with Crippen LogP contribution in [0.25, 0.3) is 0 Å². The molecule has 0 saturated carbocycles. The van der Waals surface area contributed by atoms with Crippen molar-refractivity contribution in [3.8, 4) is 17.2 Å². The Hall–Kier alpha value is -3.15. The van der Waals surface area contributed by atoms with Crippen LogP contribution in [0.2, 0.25) is 0 Å². The number of benzene rings is 3. The van der Waals surface area contributed by atoms with Gasteiger partial charge in [0.05, 0.1) is 18.3 Å². The lowest BCUT2D eigenvalue weighted by Gasteiger charge is -2.21. The zero-order chi connectivity index (χ0) is 34.9. The molecular weight excluding hydrogens is 573 g/mol. The monoisotopic (exact) mass is 630 g/mol. The van der Waals surface area contributed by atoms with Crippen LogP contribution < -0.4 is 14.2 Å². The second kappa shape index (κ2) is 16.4.